The van der Waals surface area contributed by atoms with Gasteiger partial charge in [0, 0.05) is 37.9 Å². The zero-order valence-corrected chi connectivity index (χ0v) is 20.6. The number of likely N-dealkylation sites (tertiary alicyclic amines) is 1. The lowest BCUT2D eigenvalue weighted by Gasteiger charge is -2.39. The number of hydrogen-bond acceptors (Lipinski definition) is 5. The highest BCUT2D eigenvalue weighted by atomic mass is 31.0. The van der Waals surface area contributed by atoms with E-state index in [0.717, 1.165) is 24.8 Å². The van der Waals surface area contributed by atoms with Crippen molar-refractivity contribution in [2.24, 2.45) is 4.99 Å². The summed E-state index contributed by atoms with van der Waals surface area (Å²) in [6.07, 6.45) is 12.5. The van der Waals surface area contributed by atoms with Gasteiger partial charge in [-0.3, -0.25) is 14.8 Å². The van der Waals surface area contributed by atoms with Gasteiger partial charge in [-0.25, -0.2) is 14.4 Å². The Balaban J connectivity index is 1.70. The lowest BCUT2D eigenvalue weighted by molar-refractivity contribution is 0.0703. The summed E-state index contributed by atoms with van der Waals surface area (Å²) in [4.78, 5) is 32.4. The molecule has 1 atom stereocenters. The van der Waals surface area contributed by atoms with Crippen LogP contribution in [0.1, 0.15) is 61.1 Å². The summed E-state index contributed by atoms with van der Waals surface area (Å²) in [5.41, 5.74) is 1.09. The fourth-order valence-corrected chi connectivity index (χ4v) is 4.37. The van der Waals surface area contributed by atoms with Crippen LogP contribution in [0.2, 0.25) is 0 Å². The minimum atomic E-state index is -1.56. The van der Waals surface area contributed by atoms with Crippen molar-refractivity contribution in [2.75, 3.05) is 13.1 Å². The Bertz CT molecular complexity index is 1050. The van der Waals surface area contributed by atoms with E-state index in [4.69, 9.17) is 0 Å². The number of aliphatic imine (C=N–C) groups is 1. The zero-order valence-electron chi connectivity index (χ0n) is 19.5. The highest BCUT2D eigenvalue weighted by Gasteiger charge is 2.34. The first-order chi connectivity index (χ1) is 15.7. The first-order valence-corrected chi connectivity index (χ1v) is 11.6. The molecule has 0 spiro atoms. The minimum absolute atomic E-state index is 0.0516. The Labute approximate surface area is 197 Å². The number of halogens is 1. The van der Waals surface area contributed by atoms with E-state index >= 15 is 0 Å². The predicted octanol–water partition coefficient (Wildman–Crippen LogP) is 4.79. The lowest BCUT2D eigenvalue weighted by atomic mass is 9.89. The van der Waals surface area contributed by atoms with Gasteiger partial charge in [-0.05, 0) is 69.0 Å². The molecular formula is C25H31FN5OP. The molecule has 0 saturated carbocycles. The van der Waals surface area contributed by atoms with Crippen molar-refractivity contribution in [2.45, 2.75) is 50.9 Å². The van der Waals surface area contributed by atoms with Crippen LogP contribution in [0.25, 0.3) is 5.70 Å². The molecule has 174 valence electrons. The molecule has 1 fully saturated rings. The summed E-state index contributed by atoms with van der Waals surface area (Å²) in [6, 6.07) is 3.56. The number of hydrogen-bond donors (Lipinski definition) is 0. The van der Waals surface area contributed by atoms with Gasteiger partial charge < -0.3 is 4.90 Å². The second-order valence-electron chi connectivity index (χ2n) is 8.79. The number of carbonyl (C=O) groups excluding carboxylic acids is 1. The SMILES string of the molecule is C=C/C=C(\N=CC)c1ncccc1C(=O)N1CCC(P)(Cc2cnc(C(C)(C)F)nc2)CC1. The molecule has 0 radical (unpaired) electrons. The smallest absolute Gasteiger partial charge is 0.256 e. The molecule has 8 heteroatoms. The number of piperidine rings is 1. The van der Waals surface area contributed by atoms with Gasteiger partial charge in [0.1, 0.15) is 5.69 Å². The molecule has 1 aliphatic heterocycles. The van der Waals surface area contributed by atoms with Gasteiger partial charge in [-0.2, -0.15) is 0 Å². The molecule has 1 amide bonds. The number of aromatic nitrogens is 3. The van der Waals surface area contributed by atoms with Crippen LogP contribution in [0.3, 0.4) is 0 Å². The first kappa shape index (κ1) is 24.8. The third-order valence-corrected chi connectivity index (χ3v) is 6.45. The van der Waals surface area contributed by atoms with Crippen molar-refractivity contribution >= 4 is 27.1 Å². The fraction of sp³-hybridized carbons (Fsp3) is 0.400. The van der Waals surface area contributed by atoms with Gasteiger partial charge in [0.2, 0.25) is 0 Å². The summed E-state index contributed by atoms with van der Waals surface area (Å²) in [5.74, 6) is 0.137. The summed E-state index contributed by atoms with van der Waals surface area (Å²) in [7, 11) is 2.96. The minimum Gasteiger partial charge on any atom is -0.339 e. The topological polar surface area (TPSA) is 71.3 Å². The van der Waals surface area contributed by atoms with E-state index in [9.17, 15) is 9.18 Å². The van der Waals surface area contributed by atoms with Crippen LogP contribution in [0.5, 0.6) is 0 Å². The normalized spacial score (nSPS) is 16.8. The maximum absolute atomic E-state index is 14.0. The second-order valence-corrected chi connectivity index (χ2v) is 10.0. The fourth-order valence-electron chi connectivity index (χ4n) is 3.88. The van der Waals surface area contributed by atoms with Crippen LogP contribution in [0.4, 0.5) is 4.39 Å². The molecule has 3 heterocycles. The Hall–Kier alpha value is -2.79. The lowest BCUT2D eigenvalue weighted by Crippen LogP contribution is -2.45. The molecule has 0 aromatic carbocycles. The number of carbonyl (C=O) groups is 1. The Morgan fingerprint density at radius 1 is 1.30 bits per heavy atom. The van der Waals surface area contributed by atoms with E-state index in [1.165, 1.54) is 13.8 Å². The van der Waals surface area contributed by atoms with Crippen LogP contribution in [0, 0.1) is 0 Å². The standard InChI is InChI=1S/C25H31FN5OP/c1-5-8-20(27-6-2)21-19(9-7-12-28-21)22(32)31-13-10-25(33,11-14-31)15-18-16-29-23(30-17-18)24(3,4)26/h5-9,12,16-17H,1,10-11,13-15,33H2,2-4H3/b20-8-,27-6?. The molecule has 1 saturated heterocycles. The zero-order chi connectivity index (χ0) is 24.1. The molecule has 3 rings (SSSR count). The molecule has 1 aliphatic rings. The number of alkyl halides is 1. The second kappa shape index (κ2) is 10.4. The van der Waals surface area contributed by atoms with Crippen molar-refractivity contribution in [3.63, 3.8) is 0 Å². The van der Waals surface area contributed by atoms with Crippen molar-refractivity contribution < 1.29 is 9.18 Å². The molecule has 2 aromatic rings. The highest BCUT2D eigenvalue weighted by Crippen LogP contribution is 2.36. The number of nitrogens with zero attached hydrogens (tertiary/aromatic N) is 5. The van der Waals surface area contributed by atoms with E-state index in [2.05, 4.69) is 35.8 Å². The number of rotatable bonds is 7. The third kappa shape index (κ3) is 6.17. The van der Waals surface area contributed by atoms with Gasteiger partial charge in [-0.1, -0.05) is 12.7 Å². The molecule has 0 aliphatic carbocycles. The number of amides is 1. The van der Waals surface area contributed by atoms with E-state index in [1.807, 2.05) is 11.8 Å². The van der Waals surface area contributed by atoms with E-state index in [0.29, 0.717) is 30.0 Å². The summed E-state index contributed by atoms with van der Waals surface area (Å²) in [5, 5.41) is -0.0644. The maximum Gasteiger partial charge on any atom is 0.256 e. The Kier molecular flexibility index (Phi) is 7.85. The van der Waals surface area contributed by atoms with Crippen molar-refractivity contribution in [1.82, 2.24) is 19.9 Å². The van der Waals surface area contributed by atoms with Crippen LogP contribution in [0.15, 0.2) is 54.4 Å². The van der Waals surface area contributed by atoms with Gasteiger partial charge in [0.15, 0.2) is 11.5 Å². The Morgan fingerprint density at radius 2 is 1.97 bits per heavy atom. The number of pyridine rings is 1. The van der Waals surface area contributed by atoms with Crippen LogP contribution >= 0.6 is 9.24 Å². The molecular weight excluding hydrogens is 436 g/mol. The van der Waals surface area contributed by atoms with Crippen LogP contribution in [-0.2, 0) is 12.1 Å². The largest absolute Gasteiger partial charge is 0.339 e. The maximum atomic E-state index is 14.0. The highest BCUT2D eigenvalue weighted by molar-refractivity contribution is 7.19. The monoisotopic (exact) mass is 467 g/mol. The van der Waals surface area contributed by atoms with Crippen LogP contribution in [-0.4, -0.2) is 50.2 Å². The summed E-state index contributed by atoms with van der Waals surface area (Å²) in [6.45, 7) is 9.71. The Morgan fingerprint density at radius 3 is 2.55 bits per heavy atom. The van der Waals surface area contributed by atoms with Crippen molar-refractivity contribution in [3.05, 3.63) is 72.1 Å². The number of allylic oxidation sites excluding steroid dienone is 2. The molecule has 6 nitrogen and oxygen atoms in total. The average molecular weight is 468 g/mol. The average Bonchev–Trinajstić information content (AvgIpc) is 2.78. The molecule has 2 aromatic heterocycles. The molecule has 0 bridgehead atoms. The van der Waals surface area contributed by atoms with Gasteiger partial charge >= 0.3 is 0 Å². The van der Waals surface area contributed by atoms with E-state index in [1.54, 1.807) is 49.1 Å². The van der Waals surface area contributed by atoms with Crippen LogP contribution < -0.4 is 0 Å². The predicted molar refractivity (Wildman–Crippen MR) is 134 cm³/mol. The van der Waals surface area contributed by atoms with E-state index in [-0.39, 0.29) is 16.9 Å². The molecule has 33 heavy (non-hydrogen) atoms. The van der Waals surface area contributed by atoms with Gasteiger partial charge in [0.25, 0.3) is 5.91 Å². The van der Waals surface area contributed by atoms with E-state index < -0.39 is 5.67 Å². The van der Waals surface area contributed by atoms with Gasteiger partial charge in [0.05, 0.1) is 11.3 Å². The van der Waals surface area contributed by atoms with Crippen molar-refractivity contribution in [3.8, 4) is 0 Å². The third-order valence-electron chi connectivity index (χ3n) is 5.66. The first-order valence-electron chi connectivity index (χ1n) is 11.0. The summed E-state index contributed by atoms with van der Waals surface area (Å²) < 4.78 is 14.0. The molecule has 0 N–H and O–H groups in total. The molecule has 1 unspecified atom stereocenters. The summed E-state index contributed by atoms with van der Waals surface area (Å²) >= 11 is 0. The van der Waals surface area contributed by atoms with Crippen molar-refractivity contribution in [1.29, 1.82) is 0 Å². The van der Waals surface area contributed by atoms with Gasteiger partial charge in [-0.15, -0.1) is 9.24 Å². The quantitative estimate of drug-likeness (QED) is 0.334.